The minimum absolute atomic E-state index is 0.0158. The molecule has 0 spiro atoms. The molecular weight excluding hydrogens is 455 g/mol. The van der Waals surface area contributed by atoms with E-state index in [2.05, 4.69) is 20.4 Å². The van der Waals surface area contributed by atoms with Crippen LogP contribution in [0.4, 0.5) is 13.2 Å². The first-order valence-corrected chi connectivity index (χ1v) is 11.2. The molecule has 3 aliphatic carbocycles. The Hall–Kier alpha value is -2.94. The third-order valence-corrected chi connectivity index (χ3v) is 7.44. The molecule has 2 fully saturated rings. The van der Waals surface area contributed by atoms with Gasteiger partial charge in [-0.15, -0.1) is 0 Å². The van der Waals surface area contributed by atoms with Crippen LogP contribution in [0.5, 0.6) is 0 Å². The Morgan fingerprint density at radius 3 is 2.67 bits per heavy atom. The quantitative estimate of drug-likeness (QED) is 0.590. The molecule has 0 bridgehead atoms. The summed E-state index contributed by atoms with van der Waals surface area (Å²) in [5.41, 5.74) is 1.41. The highest BCUT2D eigenvalue weighted by Gasteiger charge is 2.51. The zero-order chi connectivity index (χ0) is 23.0. The smallest absolute Gasteiger partial charge is 0.341 e. The van der Waals surface area contributed by atoms with E-state index in [1.165, 1.54) is 4.68 Å². The van der Waals surface area contributed by atoms with Crippen molar-refractivity contribution in [3.8, 4) is 5.82 Å². The lowest BCUT2D eigenvalue weighted by atomic mass is 9.72. The molecule has 6 rings (SSSR count). The number of amides is 1. The van der Waals surface area contributed by atoms with Crippen LogP contribution in [-0.4, -0.2) is 25.7 Å². The Bertz CT molecular complexity index is 1270. The van der Waals surface area contributed by atoms with Gasteiger partial charge in [0.05, 0.1) is 21.8 Å². The van der Waals surface area contributed by atoms with E-state index in [9.17, 15) is 18.0 Å². The van der Waals surface area contributed by atoms with Crippen molar-refractivity contribution in [3.05, 3.63) is 69.9 Å². The summed E-state index contributed by atoms with van der Waals surface area (Å²) in [5, 5.41) is 7.18. The molecule has 2 saturated carbocycles. The molecule has 170 valence electrons. The number of fused-ring (bicyclic) bond motifs is 3. The maximum atomic E-state index is 13.4. The Kier molecular flexibility index (Phi) is 4.40. The molecule has 3 aromatic rings. The fourth-order valence-corrected chi connectivity index (χ4v) is 5.41. The first-order chi connectivity index (χ1) is 15.8. The topological polar surface area (TPSA) is 72.7 Å². The number of hydrogen-bond acceptors (Lipinski definition) is 4. The monoisotopic (exact) mass is 473 g/mol. The van der Waals surface area contributed by atoms with Gasteiger partial charge in [-0.2, -0.15) is 18.3 Å². The highest BCUT2D eigenvalue weighted by molar-refractivity contribution is 6.31. The number of aromatic nitrogens is 4. The second-order valence-corrected chi connectivity index (χ2v) is 9.48. The summed E-state index contributed by atoms with van der Waals surface area (Å²) < 4.78 is 41.7. The van der Waals surface area contributed by atoms with Gasteiger partial charge in [0.2, 0.25) is 0 Å². The average molecular weight is 474 g/mol. The summed E-state index contributed by atoms with van der Waals surface area (Å²) in [6.07, 6.45) is 4.03. The van der Waals surface area contributed by atoms with Gasteiger partial charge < -0.3 is 5.32 Å². The normalized spacial score (nSPS) is 22.3. The summed E-state index contributed by atoms with van der Waals surface area (Å²) in [5.74, 6) is 0.302. The van der Waals surface area contributed by atoms with Gasteiger partial charge in [-0.25, -0.2) is 9.67 Å². The summed E-state index contributed by atoms with van der Waals surface area (Å²) in [6.45, 7) is 0. The van der Waals surface area contributed by atoms with Crippen molar-refractivity contribution in [2.45, 2.75) is 49.7 Å². The lowest BCUT2D eigenvalue weighted by Crippen LogP contribution is -2.51. The lowest BCUT2D eigenvalue weighted by molar-refractivity contribution is -0.137. The van der Waals surface area contributed by atoms with Crippen LogP contribution in [-0.2, 0) is 18.1 Å². The van der Waals surface area contributed by atoms with Crippen molar-refractivity contribution < 1.29 is 18.0 Å². The van der Waals surface area contributed by atoms with Crippen LogP contribution < -0.4 is 5.32 Å². The molecule has 2 atom stereocenters. The molecular formula is C23H19ClF3N5O. The van der Waals surface area contributed by atoms with Gasteiger partial charge in [0.1, 0.15) is 0 Å². The van der Waals surface area contributed by atoms with Crippen molar-refractivity contribution in [1.29, 1.82) is 0 Å². The van der Waals surface area contributed by atoms with Crippen LogP contribution in [0.2, 0.25) is 5.02 Å². The summed E-state index contributed by atoms with van der Waals surface area (Å²) in [4.78, 5) is 21.6. The maximum absolute atomic E-state index is 13.4. The number of hydrogen-bond donors (Lipinski definition) is 1. The molecule has 33 heavy (non-hydrogen) atoms. The minimum Gasteiger partial charge on any atom is -0.341 e. The number of pyridine rings is 2. The molecule has 1 N–H and O–H groups in total. The van der Waals surface area contributed by atoms with Gasteiger partial charge >= 0.3 is 6.18 Å². The van der Waals surface area contributed by atoms with E-state index in [1.54, 1.807) is 12.4 Å². The van der Waals surface area contributed by atoms with E-state index < -0.39 is 22.3 Å². The van der Waals surface area contributed by atoms with Crippen molar-refractivity contribution in [3.63, 3.8) is 0 Å². The predicted molar refractivity (Wildman–Crippen MR) is 113 cm³/mol. The number of carbonyl (C=O) groups excluding carboxylic acids is 1. The van der Waals surface area contributed by atoms with Crippen molar-refractivity contribution in [2.24, 2.45) is 5.92 Å². The van der Waals surface area contributed by atoms with Gasteiger partial charge in [-0.3, -0.25) is 9.78 Å². The Morgan fingerprint density at radius 1 is 1.24 bits per heavy atom. The van der Waals surface area contributed by atoms with E-state index in [4.69, 9.17) is 11.6 Å². The second kappa shape index (κ2) is 7.03. The number of nitrogens with one attached hydrogen (secondary N) is 1. The fraction of sp³-hybridized carbons (Fsp3) is 0.391. The van der Waals surface area contributed by atoms with Crippen LogP contribution in [0.1, 0.15) is 64.5 Å². The predicted octanol–water partition coefficient (Wildman–Crippen LogP) is 4.80. The Balaban J connectivity index is 1.39. The summed E-state index contributed by atoms with van der Waals surface area (Å²) >= 11 is 5.75. The highest BCUT2D eigenvalue weighted by atomic mass is 35.5. The molecule has 0 aromatic carbocycles. The molecule has 0 radical (unpaired) electrons. The van der Waals surface area contributed by atoms with Crippen LogP contribution in [0.15, 0.2) is 36.8 Å². The molecule has 0 aliphatic heterocycles. The Labute approximate surface area is 192 Å². The lowest BCUT2D eigenvalue weighted by Gasteiger charge is -2.42. The number of halogens is 4. The van der Waals surface area contributed by atoms with Crippen LogP contribution >= 0.6 is 11.6 Å². The van der Waals surface area contributed by atoms with Crippen LogP contribution in [0.3, 0.4) is 0 Å². The molecule has 3 aliphatic rings. The average Bonchev–Trinajstić information content (AvgIpc) is 3.26. The molecule has 0 unspecified atom stereocenters. The highest BCUT2D eigenvalue weighted by Crippen LogP contribution is 2.57. The first kappa shape index (κ1) is 20.7. The SMILES string of the molecule is O=C(NC1(c2ccncc2)CCC1)c1nn(-c2cc(C(F)(F)F)c(Cl)cn2)c2c1C[C@H]1C[C@@H]21. The zero-order valence-corrected chi connectivity index (χ0v) is 18.1. The first-order valence-electron chi connectivity index (χ1n) is 10.8. The number of alkyl halides is 3. The third kappa shape index (κ3) is 3.24. The maximum Gasteiger partial charge on any atom is 0.418 e. The molecule has 0 saturated heterocycles. The van der Waals surface area contributed by atoms with Crippen molar-refractivity contribution in [2.75, 3.05) is 0 Å². The molecule has 10 heteroatoms. The number of nitrogens with zero attached hydrogens (tertiary/aromatic N) is 4. The van der Waals surface area contributed by atoms with E-state index in [-0.39, 0.29) is 23.3 Å². The summed E-state index contributed by atoms with van der Waals surface area (Å²) in [7, 11) is 0. The number of carbonyl (C=O) groups is 1. The van der Waals surface area contributed by atoms with E-state index in [0.717, 1.165) is 54.8 Å². The summed E-state index contributed by atoms with van der Waals surface area (Å²) in [6, 6.07) is 4.69. The van der Waals surface area contributed by atoms with Gasteiger partial charge in [0, 0.05) is 30.1 Å². The minimum atomic E-state index is -4.62. The van der Waals surface area contributed by atoms with E-state index >= 15 is 0 Å². The molecule has 3 aromatic heterocycles. The molecule has 3 heterocycles. The largest absolute Gasteiger partial charge is 0.418 e. The number of rotatable bonds is 4. The molecule has 1 amide bonds. The van der Waals surface area contributed by atoms with Gasteiger partial charge in [-0.05, 0) is 61.8 Å². The van der Waals surface area contributed by atoms with E-state index in [0.29, 0.717) is 12.3 Å². The second-order valence-electron chi connectivity index (χ2n) is 9.08. The molecule has 6 nitrogen and oxygen atoms in total. The van der Waals surface area contributed by atoms with Crippen LogP contribution in [0.25, 0.3) is 5.82 Å². The Morgan fingerprint density at radius 2 is 2.00 bits per heavy atom. The van der Waals surface area contributed by atoms with Gasteiger partial charge in [0.25, 0.3) is 5.91 Å². The zero-order valence-electron chi connectivity index (χ0n) is 17.4. The van der Waals surface area contributed by atoms with E-state index in [1.807, 2.05) is 12.1 Å². The third-order valence-electron chi connectivity index (χ3n) is 7.13. The van der Waals surface area contributed by atoms with Crippen LogP contribution in [0, 0.1) is 5.92 Å². The van der Waals surface area contributed by atoms with Gasteiger partial charge in [0.15, 0.2) is 11.5 Å². The van der Waals surface area contributed by atoms with Crippen molar-refractivity contribution >= 4 is 17.5 Å². The van der Waals surface area contributed by atoms with Gasteiger partial charge in [-0.1, -0.05) is 11.6 Å². The van der Waals surface area contributed by atoms with Crippen molar-refractivity contribution in [1.82, 2.24) is 25.1 Å². The standard InChI is InChI=1S/C23H19ClF3N5O/c24-17-11-29-18(10-16(17)23(25,26)27)32-20-14-8-12(14)9-15(20)19(31-32)21(33)30-22(4-1-5-22)13-2-6-28-7-3-13/h2-3,6-7,10-12,14H,1,4-5,8-9H2,(H,30,33)/t12-,14-/m1/s1. The fourth-order valence-electron chi connectivity index (χ4n) is 5.20.